The number of rotatable bonds is 5. The van der Waals surface area contributed by atoms with E-state index in [-0.39, 0.29) is 18.2 Å². The molecule has 0 aliphatic carbocycles. The number of hydrogen-bond donors (Lipinski definition) is 2. The molecule has 6 nitrogen and oxygen atoms in total. The highest BCUT2D eigenvalue weighted by Crippen LogP contribution is 2.24. The summed E-state index contributed by atoms with van der Waals surface area (Å²) in [6.45, 7) is 4.75. The van der Waals surface area contributed by atoms with Gasteiger partial charge in [0.2, 0.25) is 5.91 Å². The lowest BCUT2D eigenvalue weighted by Gasteiger charge is -2.15. The molecule has 24 heavy (non-hydrogen) atoms. The van der Waals surface area contributed by atoms with E-state index < -0.39 is 6.10 Å². The highest BCUT2D eigenvalue weighted by molar-refractivity contribution is 5.91. The highest BCUT2D eigenvalue weighted by atomic mass is 16.3. The van der Waals surface area contributed by atoms with Gasteiger partial charge >= 0.3 is 0 Å². The first-order valence-electron chi connectivity index (χ1n) is 8.55. The molecule has 6 heteroatoms. The van der Waals surface area contributed by atoms with Gasteiger partial charge in [0.1, 0.15) is 5.82 Å². The van der Waals surface area contributed by atoms with Crippen LogP contribution in [0.4, 0.5) is 5.69 Å². The molecule has 0 radical (unpaired) electrons. The van der Waals surface area contributed by atoms with Gasteiger partial charge in [-0.3, -0.25) is 4.79 Å². The quantitative estimate of drug-likeness (QED) is 0.884. The van der Waals surface area contributed by atoms with Crippen LogP contribution in [0.1, 0.15) is 38.9 Å². The monoisotopic (exact) mass is 328 g/mol. The predicted molar refractivity (Wildman–Crippen MR) is 92.5 cm³/mol. The summed E-state index contributed by atoms with van der Waals surface area (Å²) in [5.74, 6) is 1.83. The smallest absolute Gasteiger partial charge is 0.226 e. The van der Waals surface area contributed by atoms with Gasteiger partial charge in [-0.25, -0.2) is 0 Å². The number of hydrogen-bond acceptors (Lipinski definition) is 4. The number of carbonyl (C=O) groups is 1. The topological polar surface area (TPSA) is 80.0 Å². The Kier molecular flexibility index (Phi) is 4.94. The van der Waals surface area contributed by atoms with Crippen molar-refractivity contribution in [2.75, 3.05) is 5.32 Å². The molecule has 0 spiro atoms. The van der Waals surface area contributed by atoms with Crippen LogP contribution in [0.5, 0.6) is 0 Å². The fourth-order valence-corrected chi connectivity index (χ4v) is 2.86. The van der Waals surface area contributed by atoms with Crippen LogP contribution in [-0.4, -0.2) is 31.9 Å². The molecule has 0 saturated heterocycles. The second-order valence-electron chi connectivity index (χ2n) is 6.69. The lowest BCUT2D eigenvalue weighted by molar-refractivity contribution is -0.118. The number of benzene rings is 1. The Bertz CT molecular complexity index is 706. The van der Waals surface area contributed by atoms with Crippen molar-refractivity contribution in [3.8, 4) is 11.4 Å². The molecule has 1 aromatic carbocycles. The Labute approximate surface area is 141 Å². The molecule has 0 fully saturated rings. The predicted octanol–water partition coefficient (Wildman–Crippen LogP) is 2.63. The molecule has 1 amide bonds. The highest BCUT2D eigenvalue weighted by Gasteiger charge is 2.17. The first-order valence-corrected chi connectivity index (χ1v) is 8.55. The largest absolute Gasteiger partial charge is 0.392 e. The summed E-state index contributed by atoms with van der Waals surface area (Å²) in [5.41, 5.74) is 1.72. The fourth-order valence-electron chi connectivity index (χ4n) is 2.86. The van der Waals surface area contributed by atoms with E-state index in [1.807, 2.05) is 38.1 Å². The number of fused-ring (bicyclic) bond motifs is 1. The minimum atomic E-state index is -0.619. The number of aliphatic hydroxyl groups is 1. The van der Waals surface area contributed by atoms with E-state index >= 15 is 0 Å². The Balaban J connectivity index is 1.68. The fraction of sp³-hybridized carbons (Fsp3) is 0.500. The molecule has 0 saturated carbocycles. The van der Waals surface area contributed by atoms with Gasteiger partial charge in [0.25, 0.3) is 0 Å². The van der Waals surface area contributed by atoms with Crippen LogP contribution in [-0.2, 0) is 17.8 Å². The SMILES string of the molecule is CC(C)C(O)CC(=O)Nc1ccc(-c2nnc3n2CCCC3)cc1. The Morgan fingerprint density at radius 1 is 1.25 bits per heavy atom. The first-order chi connectivity index (χ1) is 11.5. The summed E-state index contributed by atoms with van der Waals surface area (Å²) in [5, 5.41) is 21.2. The van der Waals surface area contributed by atoms with E-state index in [0.717, 1.165) is 42.3 Å². The Hall–Kier alpha value is -2.21. The molecular weight excluding hydrogens is 304 g/mol. The van der Waals surface area contributed by atoms with Crippen molar-refractivity contribution < 1.29 is 9.90 Å². The summed E-state index contributed by atoms with van der Waals surface area (Å²) < 4.78 is 2.18. The molecule has 1 aliphatic rings. The van der Waals surface area contributed by atoms with Crippen LogP contribution in [0.2, 0.25) is 0 Å². The summed E-state index contributed by atoms with van der Waals surface area (Å²) in [4.78, 5) is 11.9. The summed E-state index contributed by atoms with van der Waals surface area (Å²) in [6, 6.07) is 7.61. The maximum Gasteiger partial charge on any atom is 0.226 e. The molecule has 2 aromatic rings. The van der Waals surface area contributed by atoms with E-state index in [0.29, 0.717) is 0 Å². The lowest BCUT2D eigenvalue weighted by Crippen LogP contribution is -2.23. The Morgan fingerprint density at radius 2 is 2.00 bits per heavy atom. The number of aromatic nitrogens is 3. The zero-order valence-corrected chi connectivity index (χ0v) is 14.2. The molecule has 1 aromatic heterocycles. The van der Waals surface area contributed by atoms with E-state index in [9.17, 15) is 9.90 Å². The van der Waals surface area contributed by atoms with Crippen molar-refractivity contribution in [1.29, 1.82) is 0 Å². The van der Waals surface area contributed by atoms with Crippen molar-refractivity contribution in [3.05, 3.63) is 30.1 Å². The summed E-state index contributed by atoms with van der Waals surface area (Å²) >= 11 is 0. The van der Waals surface area contributed by atoms with Crippen molar-refractivity contribution in [2.24, 2.45) is 5.92 Å². The zero-order chi connectivity index (χ0) is 17.1. The van der Waals surface area contributed by atoms with Crippen molar-refractivity contribution in [2.45, 2.75) is 52.2 Å². The van der Waals surface area contributed by atoms with Gasteiger partial charge in [-0.15, -0.1) is 10.2 Å². The molecule has 1 atom stereocenters. The minimum absolute atomic E-state index is 0.0669. The number of nitrogens with zero attached hydrogens (tertiary/aromatic N) is 3. The average molecular weight is 328 g/mol. The molecule has 3 rings (SSSR count). The molecule has 2 heterocycles. The van der Waals surface area contributed by atoms with Crippen molar-refractivity contribution >= 4 is 11.6 Å². The van der Waals surface area contributed by atoms with Crippen LogP contribution in [0.25, 0.3) is 11.4 Å². The van der Waals surface area contributed by atoms with E-state index in [2.05, 4.69) is 20.1 Å². The standard InChI is InChI=1S/C18H24N4O2/c1-12(2)15(23)11-17(24)19-14-8-6-13(7-9-14)18-21-20-16-5-3-4-10-22(16)18/h6-9,12,15,23H,3-5,10-11H2,1-2H3,(H,19,24). The molecule has 2 N–H and O–H groups in total. The number of carbonyl (C=O) groups excluding carboxylic acids is 1. The van der Waals surface area contributed by atoms with Crippen molar-refractivity contribution in [3.63, 3.8) is 0 Å². The van der Waals surface area contributed by atoms with Gasteiger partial charge in [-0.2, -0.15) is 0 Å². The van der Waals surface area contributed by atoms with Gasteiger partial charge in [0.15, 0.2) is 5.82 Å². The second-order valence-corrected chi connectivity index (χ2v) is 6.69. The van der Waals surface area contributed by atoms with E-state index in [1.165, 1.54) is 6.42 Å². The van der Waals surface area contributed by atoms with E-state index in [4.69, 9.17) is 0 Å². The molecule has 128 valence electrons. The van der Waals surface area contributed by atoms with Crippen LogP contribution < -0.4 is 5.32 Å². The number of amides is 1. The third-order valence-electron chi connectivity index (χ3n) is 4.45. The number of anilines is 1. The number of aliphatic hydroxyl groups excluding tert-OH is 1. The van der Waals surface area contributed by atoms with Gasteiger partial charge < -0.3 is 15.0 Å². The van der Waals surface area contributed by atoms with Crippen LogP contribution in [0.15, 0.2) is 24.3 Å². The minimum Gasteiger partial charge on any atom is -0.392 e. The maximum atomic E-state index is 11.9. The van der Waals surface area contributed by atoms with Gasteiger partial charge in [-0.05, 0) is 43.0 Å². The third kappa shape index (κ3) is 3.64. The van der Waals surface area contributed by atoms with E-state index in [1.54, 1.807) is 0 Å². The summed E-state index contributed by atoms with van der Waals surface area (Å²) in [6.07, 6.45) is 2.80. The van der Waals surface area contributed by atoms with Crippen molar-refractivity contribution in [1.82, 2.24) is 14.8 Å². The average Bonchev–Trinajstić information content (AvgIpc) is 2.99. The zero-order valence-electron chi connectivity index (χ0n) is 14.2. The van der Waals surface area contributed by atoms with Crippen LogP contribution >= 0.6 is 0 Å². The van der Waals surface area contributed by atoms with Gasteiger partial charge in [0.05, 0.1) is 12.5 Å². The number of aryl methyl sites for hydroxylation is 1. The molecule has 0 bridgehead atoms. The normalized spacial score (nSPS) is 15.2. The molecular formula is C18H24N4O2. The van der Waals surface area contributed by atoms with Crippen LogP contribution in [0, 0.1) is 5.92 Å². The lowest BCUT2D eigenvalue weighted by atomic mass is 10.0. The first kappa shape index (κ1) is 16.6. The summed E-state index contributed by atoms with van der Waals surface area (Å²) in [7, 11) is 0. The second kappa shape index (κ2) is 7.13. The number of nitrogens with one attached hydrogen (secondary N) is 1. The maximum absolute atomic E-state index is 11.9. The molecule has 1 aliphatic heterocycles. The van der Waals surface area contributed by atoms with Gasteiger partial charge in [0, 0.05) is 24.2 Å². The Morgan fingerprint density at radius 3 is 2.71 bits per heavy atom. The molecule has 1 unspecified atom stereocenters. The van der Waals surface area contributed by atoms with Gasteiger partial charge in [-0.1, -0.05) is 13.8 Å². The van der Waals surface area contributed by atoms with Crippen LogP contribution in [0.3, 0.4) is 0 Å². The third-order valence-corrected chi connectivity index (χ3v) is 4.45.